The van der Waals surface area contributed by atoms with E-state index < -0.39 is 22.8 Å². The van der Waals surface area contributed by atoms with Crippen molar-refractivity contribution < 1.29 is 19.2 Å². The molecule has 1 atom stereocenters. The molecule has 0 fully saturated rings. The lowest BCUT2D eigenvalue weighted by Gasteiger charge is -2.16. The highest BCUT2D eigenvalue weighted by Gasteiger charge is 2.18. The quantitative estimate of drug-likeness (QED) is 0.592. The number of benzene rings is 1. The van der Waals surface area contributed by atoms with Gasteiger partial charge < -0.3 is 10.4 Å². The first kappa shape index (κ1) is 16.0. The molecule has 0 saturated heterocycles. The van der Waals surface area contributed by atoms with Crippen molar-refractivity contribution in [3.05, 3.63) is 39.7 Å². The molecule has 0 aliphatic carbocycles. The fraction of sp³-hybridized carbons (Fsp3) is 0.462. The standard InChI is InChI=1S/C13H17FN2O4/c1-8(2)3-12(13(17)18)15-7-9-4-10(14)6-11(5-9)16(19)20/h4-6,8,12,15H,3,7H2,1-2H3,(H,17,18). The number of nitro benzene ring substituents is 1. The van der Waals surface area contributed by atoms with E-state index in [1.165, 1.54) is 6.07 Å². The van der Waals surface area contributed by atoms with Crippen molar-refractivity contribution >= 4 is 11.7 Å². The summed E-state index contributed by atoms with van der Waals surface area (Å²) in [5, 5.41) is 22.4. The first-order chi connectivity index (χ1) is 9.29. The van der Waals surface area contributed by atoms with Crippen LogP contribution in [0, 0.1) is 21.8 Å². The van der Waals surface area contributed by atoms with Gasteiger partial charge in [-0.25, -0.2) is 4.39 Å². The maximum atomic E-state index is 13.2. The smallest absolute Gasteiger partial charge is 0.320 e. The zero-order chi connectivity index (χ0) is 15.3. The van der Waals surface area contributed by atoms with Crippen LogP contribution in [0.5, 0.6) is 0 Å². The van der Waals surface area contributed by atoms with Crippen molar-refractivity contribution in [2.75, 3.05) is 0 Å². The molecule has 7 heteroatoms. The van der Waals surface area contributed by atoms with Crippen molar-refractivity contribution in [3.8, 4) is 0 Å². The summed E-state index contributed by atoms with van der Waals surface area (Å²) >= 11 is 0. The fourth-order valence-electron chi connectivity index (χ4n) is 1.82. The molecule has 0 aliphatic heterocycles. The van der Waals surface area contributed by atoms with Gasteiger partial charge in [-0.15, -0.1) is 0 Å². The normalized spacial score (nSPS) is 12.4. The average Bonchev–Trinajstić information content (AvgIpc) is 2.33. The lowest BCUT2D eigenvalue weighted by Crippen LogP contribution is -2.37. The molecule has 1 aromatic carbocycles. The third-order valence-electron chi connectivity index (χ3n) is 2.71. The van der Waals surface area contributed by atoms with E-state index in [0.717, 1.165) is 12.1 Å². The lowest BCUT2D eigenvalue weighted by atomic mass is 10.0. The summed E-state index contributed by atoms with van der Waals surface area (Å²) < 4.78 is 13.2. The third-order valence-corrected chi connectivity index (χ3v) is 2.71. The van der Waals surface area contributed by atoms with Crippen LogP contribution in [0.1, 0.15) is 25.8 Å². The number of carboxylic acid groups (broad SMARTS) is 1. The third kappa shape index (κ3) is 4.93. The number of aliphatic carboxylic acids is 1. The Hall–Kier alpha value is -2.02. The van der Waals surface area contributed by atoms with Gasteiger partial charge in [0, 0.05) is 12.6 Å². The largest absolute Gasteiger partial charge is 0.480 e. The van der Waals surface area contributed by atoms with Gasteiger partial charge in [0.25, 0.3) is 5.69 Å². The Morgan fingerprint density at radius 1 is 1.45 bits per heavy atom. The summed E-state index contributed by atoms with van der Waals surface area (Å²) in [6.07, 6.45) is 0.423. The number of carboxylic acids is 1. The molecule has 0 spiro atoms. The Bertz CT molecular complexity index is 505. The van der Waals surface area contributed by atoms with Crippen LogP contribution in [-0.4, -0.2) is 22.0 Å². The first-order valence-electron chi connectivity index (χ1n) is 6.19. The monoisotopic (exact) mass is 284 g/mol. The van der Waals surface area contributed by atoms with Crippen molar-refractivity contribution in [2.45, 2.75) is 32.9 Å². The molecule has 0 aromatic heterocycles. The number of nitrogens with zero attached hydrogens (tertiary/aromatic N) is 1. The van der Waals surface area contributed by atoms with E-state index in [4.69, 9.17) is 5.11 Å². The van der Waals surface area contributed by atoms with E-state index in [9.17, 15) is 19.3 Å². The van der Waals surface area contributed by atoms with Gasteiger partial charge in [-0.1, -0.05) is 13.8 Å². The number of hydrogen-bond donors (Lipinski definition) is 2. The number of halogens is 1. The molecule has 2 N–H and O–H groups in total. The molecule has 0 amide bonds. The van der Waals surface area contributed by atoms with Crippen molar-refractivity contribution in [3.63, 3.8) is 0 Å². The SMILES string of the molecule is CC(C)CC(NCc1cc(F)cc([N+](=O)[O-])c1)C(=O)O. The minimum Gasteiger partial charge on any atom is -0.480 e. The molecule has 20 heavy (non-hydrogen) atoms. The van der Waals surface area contributed by atoms with Gasteiger partial charge in [0.15, 0.2) is 0 Å². The van der Waals surface area contributed by atoms with Crippen molar-refractivity contribution in [2.24, 2.45) is 5.92 Å². The molecule has 1 unspecified atom stereocenters. The number of nitro groups is 1. The van der Waals surface area contributed by atoms with E-state index in [-0.39, 0.29) is 18.2 Å². The minimum atomic E-state index is -0.996. The molecular formula is C13H17FN2O4. The van der Waals surface area contributed by atoms with E-state index in [1.54, 1.807) is 0 Å². The summed E-state index contributed by atoms with van der Waals surface area (Å²) in [6.45, 7) is 3.84. The van der Waals surface area contributed by atoms with Gasteiger partial charge in [0.05, 0.1) is 11.0 Å². The number of hydrogen-bond acceptors (Lipinski definition) is 4. The second-order valence-corrected chi connectivity index (χ2v) is 4.98. The summed E-state index contributed by atoms with van der Waals surface area (Å²) in [5.41, 5.74) is -0.00996. The number of non-ortho nitro benzene ring substituents is 1. The predicted molar refractivity (Wildman–Crippen MR) is 70.8 cm³/mol. The topological polar surface area (TPSA) is 92.5 Å². The van der Waals surface area contributed by atoms with Crippen LogP contribution in [0.25, 0.3) is 0 Å². The fourth-order valence-corrected chi connectivity index (χ4v) is 1.82. The van der Waals surface area contributed by atoms with Crippen LogP contribution < -0.4 is 5.32 Å². The zero-order valence-corrected chi connectivity index (χ0v) is 11.3. The van der Waals surface area contributed by atoms with Crippen LogP contribution in [-0.2, 0) is 11.3 Å². The van der Waals surface area contributed by atoms with Gasteiger partial charge in [-0.3, -0.25) is 14.9 Å². The Labute approximate surface area is 115 Å². The van der Waals surface area contributed by atoms with Crippen molar-refractivity contribution in [1.82, 2.24) is 5.32 Å². The lowest BCUT2D eigenvalue weighted by molar-refractivity contribution is -0.385. The molecule has 0 aliphatic rings. The Balaban J connectivity index is 2.77. The van der Waals surface area contributed by atoms with Crippen LogP contribution >= 0.6 is 0 Å². The molecule has 0 saturated carbocycles. The van der Waals surface area contributed by atoms with Gasteiger partial charge in [-0.2, -0.15) is 0 Å². The summed E-state index contributed by atoms with van der Waals surface area (Å²) in [6, 6.07) is 2.43. The van der Waals surface area contributed by atoms with Crippen LogP contribution in [0.3, 0.4) is 0 Å². The highest BCUT2D eigenvalue weighted by atomic mass is 19.1. The summed E-state index contributed by atoms with van der Waals surface area (Å²) in [5.74, 6) is -1.53. The molecule has 0 radical (unpaired) electrons. The van der Waals surface area contributed by atoms with Gasteiger partial charge in [0.2, 0.25) is 0 Å². The predicted octanol–water partition coefficient (Wildman–Crippen LogP) is 2.32. The summed E-state index contributed by atoms with van der Waals surface area (Å²) in [4.78, 5) is 21.0. The minimum absolute atomic E-state index is 0.0578. The Kier molecular flexibility index (Phi) is 5.57. The van der Waals surface area contributed by atoms with E-state index >= 15 is 0 Å². The zero-order valence-electron chi connectivity index (χ0n) is 11.3. The molecular weight excluding hydrogens is 267 g/mol. The average molecular weight is 284 g/mol. The molecule has 0 heterocycles. The van der Waals surface area contributed by atoms with Gasteiger partial charge in [-0.05, 0) is 24.0 Å². The Morgan fingerprint density at radius 3 is 2.60 bits per heavy atom. The van der Waals surface area contributed by atoms with Crippen LogP contribution in [0.2, 0.25) is 0 Å². The van der Waals surface area contributed by atoms with Crippen LogP contribution in [0.4, 0.5) is 10.1 Å². The van der Waals surface area contributed by atoms with E-state index in [0.29, 0.717) is 12.0 Å². The Morgan fingerprint density at radius 2 is 2.10 bits per heavy atom. The second kappa shape index (κ2) is 6.95. The highest BCUT2D eigenvalue weighted by Crippen LogP contribution is 2.16. The number of rotatable bonds is 7. The molecule has 1 aromatic rings. The maximum Gasteiger partial charge on any atom is 0.320 e. The van der Waals surface area contributed by atoms with Gasteiger partial charge >= 0.3 is 5.97 Å². The van der Waals surface area contributed by atoms with E-state index in [2.05, 4.69) is 5.32 Å². The molecule has 110 valence electrons. The molecule has 0 bridgehead atoms. The van der Waals surface area contributed by atoms with Gasteiger partial charge in [0.1, 0.15) is 11.9 Å². The highest BCUT2D eigenvalue weighted by molar-refractivity contribution is 5.73. The summed E-state index contributed by atoms with van der Waals surface area (Å²) in [7, 11) is 0. The first-order valence-corrected chi connectivity index (χ1v) is 6.19. The van der Waals surface area contributed by atoms with E-state index in [1.807, 2.05) is 13.8 Å². The maximum absolute atomic E-state index is 13.2. The number of nitrogens with one attached hydrogen (secondary N) is 1. The van der Waals surface area contributed by atoms with Crippen molar-refractivity contribution in [1.29, 1.82) is 0 Å². The van der Waals surface area contributed by atoms with Crippen LogP contribution in [0.15, 0.2) is 18.2 Å². The number of carbonyl (C=O) groups is 1. The molecule has 1 rings (SSSR count). The molecule has 6 nitrogen and oxygen atoms in total. The second-order valence-electron chi connectivity index (χ2n) is 4.98.